The zero-order valence-corrected chi connectivity index (χ0v) is 12.0. The molecule has 0 aliphatic carbocycles. The maximum absolute atomic E-state index is 9.12. The number of aromatic nitrogens is 1. The SMILES string of the molecule is C=CCN(CCO)c1cc(CNCCC)cc(C)n1. The number of hydrogen-bond donors (Lipinski definition) is 2. The van der Waals surface area contributed by atoms with Gasteiger partial charge in [0.15, 0.2) is 0 Å². The van der Waals surface area contributed by atoms with Crippen LogP contribution >= 0.6 is 0 Å². The maximum atomic E-state index is 9.12. The molecule has 2 N–H and O–H groups in total. The van der Waals surface area contributed by atoms with Crippen LogP contribution in [0, 0.1) is 6.92 Å². The highest BCUT2D eigenvalue weighted by Gasteiger charge is 2.07. The first kappa shape index (κ1) is 15.7. The second-order valence-electron chi connectivity index (χ2n) is 4.61. The van der Waals surface area contributed by atoms with Crippen LogP contribution < -0.4 is 10.2 Å². The van der Waals surface area contributed by atoms with E-state index in [1.165, 1.54) is 5.56 Å². The van der Waals surface area contributed by atoms with Crippen molar-refractivity contribution >= 4 is 5.82 Å². The smallest absolute Gasteiger partial charge is 0.129 e. The number of nitrogens with zero attached hydrogens (tertiary/aromatic N) is 2. The van der Waals surface area contributed by atoms with E-state index in [-0.39, 0.29) is 6.61 Å². The molecule has 0 radical (unpaired) electrons. The van der Waals surface area contributed by atoms with Crippen molar-refractivity contribution in [1.82, 2.24) is 10.3 Å². The van der Waals surface area contributed by atoms with Crippen molar-refractivity contribution < 1.29 is 5.11 Å². The summed E-state index contributed by atoms with van der Waals surface area (Å²) in [6, 6.07) is 4.17. The van der Waals surface area contributed by atoms with E-state index in [0.29, 0.717) is 13.1 Å². The number of nitrogens with one attached hydrogen (secondary N) is 1. The van der Waals surface area contributed by atoms with Gasteiger partial charge in [-0.25, -0.2) is 4.98 Å². The number of aliphatic hydroxyl groups is 1. The molecule has 0 spiro atoms. The molecule has 1 rings (SSSR count). The van der Waals surface area contributed by atoms with Gasteiger partial charge in [0.1, 0.15) is 5.82 Å². The standard InChI is InChI=1S/C15H25N3O/c1-4-6-16-12-14-10-13(3)17-15(11-14)18(7-5-2)8-9-19/h5,10-11,16,19H,2,4,6-9,12H2,1,3H3. The topological polar surface area (TPSA) is 48.4 Å². The fourth-order valence-corrected chi connectivity index (χ4v) is 1.97. The Morgan fingerprint density at radius 1 is 1.47 bits per heavy atom. The Hall–Kier alpha value is -1.39. The number of hydrogen-bond acceptors (Lipinski definition) is 4. The second-order valence-corrected chi connectivity index (χ2v) is 4.61. The van der Waals surface area contributed by atoms with Crippen LogP contribution in [0.25, 0.3) is 0 Å². The zero-order chi connectivity index (χ0) is 14.1. The van der Waals surface area contributed by atoms with Gasteiger partial charge in [-0.3, -0.25) is 0 Å². The lowest BCUT2D eigenvalue weighted by Crippen LogP contribution is -2.28. The van der Waals surface area contributed by atoms with E-state index in [4.69, 9.17) is 5.11 Å². The third-order valence-corrected chi connectivity index (χ3v) is 2.80. The first-order chi connectivity index (χ1) is 9.21. The van der Waals surface area contributed by atoms with Crippen LogP contribution in [0.15, 0.2) is 24.8 Å². The molecule has 0 saturated carbocycles. The minimum Gasteiger partial charge on any atom is -0.395 e. The monoisotopic (exact) mass is 263 g/mol. The summed E-state index contributed by atoms with van der Waals surface area (Å²) in [4.78, 5) is 6.57. The van der Waals surface area contributed by atoms with Gasteiger partial charge in [0.2, 0.25) is 0 Å². The molecule has 1 aromatic rings. The Labute approximate surface area is 116 Å². The van der Waals surface area contributed by atoms with E-state index in [2.05, 4.69) is 35.9 Å². The highest BCUT2D eigenvalue weighted by atomic mass is 16.3. The third kappa shape index (κ3) is 5.41. The molecule has 0 unspecified atom stereocenters. The average Bonchev–Trinajstić information content (AvgIpc) is 2.38. The van der Waals surface area contributed by atoms with Gasteiger partial charge in [-0.05, 0) is 37.6 Å². The summed E-state index contributed by atoms with van der Waals surface area (Å²) in [5.74, 6) is 0.905. The molecule has 1 aromatic heterocycles. The van der Waals surface area contributed by atoms with Crippen LogP contribution in [0.2, 0.25) is 0 Å². The largest absolute Gasteiger partial charge is 0.395 e. The zero-order valence-electron chi connectivity index (χ0n) is 12.0. The van der Waals surface area contributed by atoms with Crippen molar-refractivity contribution in [2.45, 2.75) is 26.8 Å². The first-order valence-corrected chi connectivity index (χ1v) is 6.86. The van der Waals surface area contributed by atoms with Crippen molar-refractivity contribution in [1.29, 1.82) is 0 Å². The summed E-state index contributed by atoms with van der Waals surface area (Å²) in [5.41, 5.74) is 2.22. The number of rotatable bonds is 9. The van der Waals surface area contributed by atoms with Crippen molar-refractivity contribution in [2.75, 3.05) is 31.1 Å². The highest BCUT2D eigenvalue weighted by molar-refractivity contribution is 5.43. The van der Waals surface area contributed by atoms with E-state index in [0.717, 1.165) is 31.0 Å². The molecule has 0 aliphatic heterocycles. The molecule has 4 heteroatoms. The molecule has 106 valence electrons. The Kier molecular flexibility index (Phi) is 7.15. The van der Waals surface area contributed by atoms with Gasteiger partial charge in [-0.1, -0.05) is 13.0 Å². The van der Waals surface area contributed by atoms with Crippen molar-refractivity contribution in [3.05, 3.63) is 36.0 Å². The highest BCUT2D eigenvalue weighted by Crippen LogP contribution is 2.15. The summed E-state index contributed by atoms with van der Waals surface area (Å²) in [6.07, 6.45) is 2.96. The van der Waals surface area contributed by atoms with Crippen LogP contribution in [-0.4, -0.2) is 36.3 Å². The molecule has 1 heterocycles. The predicted octanol–water partition coefficient (Wildman–Crippen LogP) is 1.87. The van der Waals surface area contributed by atoms with Gasteiger partial charge >= 0.3 is 0 Å². The predicted molar refractivity (Wildman–Crippen MR) is 80.5 cm³/mol. The lowest BCUT2D eigenvalue weighted by Gasteiger charge is -2.22. The minimum absolute atomic E-state index is 0.118. The molecule has 0 aromatic carbocycles. The molecule has 0 fully saturated rings. The van der Waals surface area contributed by atoms with Crippen LogP contribution in [-0.2, 0) is 6.54 Å². The summed E-state index contributed by atoms with van der Waals surface area (Å²) in [7, 11) is 0. The van der Waals surface area contributed by atoms with Crippen LogP contribution in [0.5, 0.6) is 0 Å². The summed E-state index contributed by atoms with van der Waals surface area (Å²) < 4.78 is 0. The number of anilines is 1. The molecule has 4 nitrogen and oxygen atoms in total. The van der Waals surface area contributed by atoms with Crippen molar-refractivity contribution in [3.8, 4) is 0 Å². The van der Waals surface area contributed by atoms with E-state index >= 15 is 0 Å². The lowest BCUT2D eigenvalue weighted by molar-refractivity contribution is 0.302. The molecule has 0 amide bonds. The van der Waals surface area contributed by atoms with Gasteiger partial charge in [0.25, 0.3) is 0 Å². The Morgan fingerprint density at radius 2 is 2.26 bits per heavy atom. The van der Waals surface area contributed by atoms with Crippen LogP contribution in [0.1, 0.15) is 24.6 Å². The summed E-state index contributed by atoms with van der Waals surface area (Å²) in [6.45, 7) is 11.2. The van der Waals surface area contributed by atoms with E-state index < -0.39 is 0 Å². The minimum atomic E-state index is 0.118. The van der Waals surface area contributed by atoms with Gasteiger partial charge in [-0.2, -0.15) is 0 Å². The lowest BCUT2D eigenvalue weighted by atomic mass is 10.2. The van der Waals surface area contributed by atoms with Crippen LogP contribution in [0.4, 0.5) is 5.82 Å². The quantitative estimate of drug-likeness (QED) is 0.527. The molecule has 0 atom stereocenters. The van der Waals surface area contributed by atoms with E-state index in [1.807, 2.05) is 17.9 Å². The number of aliphatic hydroxyl groups excluding tert-OH is 1. The van der Waals surface area contributed by atoms with Crippen LogP contribution in [0.3, 0.4) is 0 Å². The summed E-state index contributed by atoms with van der Waals surface area (Å²) >= 11 is 0. The molecular formula is C15H25N3O. The first-order valence-electron chi connectivity index (χ1n) is 6.86. The fourth-order valence-electron chi connectivity index (χ4n) is 1.97. The van der Waals surface area contributed by atoms with E-state index in [9.17, 15) is 0 Å². The second kappa shape index (κ2) is 8.67. The van der Waals surface area contributed by atoms with Gasteiger partial charge in [-0.15, -0.1) is 6.58 Å². The van der Waals surface area contributed by atoms with Crippen molar-refractivity contribution in [3.63, 3.8) is 0 Å². The van der Waals surface area contributed by atoms with Gasteiger partial charge in [0, 0.05) is 25.3 Å². The average molecular weight is 263 g/mol. The third-order valence-electron chi connectivity index (χ3n) is 2.80. The Morgan fingerprint density at radius 3 is 2.89 bits per heavy atom. The molecule has 19 heavy (non-hydrogen) atoms. The fraction of sp³-hybridized carbons (Fsp3) is 0.533. The Bertz CT molecular complexity index is 393. The number of aryl methyl sites for hydroxylation is 1. The molecule has 0 bridgehead atoms. The molecule has 0 saturated heterocycles. The molecule has 0 aliphatic rings. The Balaban J connectivity index is 2.83. The normalized spacial score (nSPS) is 10.5. The van der Waals surface area contributed by atoms with Crippen molar-refractivity contribution in [2.24, 2.45) is 0 Å². The maximum Gasteiger partial charge on any atom is 0.129 e. The number of pyridine rings is 1. The van der Waals surface area contributed by atoms with E-state index in [1.54, 1.807) is 0 Å². The van der Waals surface area contributed by atoms with Gasteiger partial charge in [0.05, 0.1) is 6.61 Å². The molecular weight excluding hydrogens is 238 g/mol. The summed E-state index contributed by atoms with van der Waals surface area (Å²) in [5, 5.41) is 12.5. The van der Waals surface area contributed by atoms with Gasteiger partial charge < -0.3 is 15.3 Å².